The molecule has 1 aromatic carbocycles. The van der Waals surface area contributed by atoms with E-state index in [9.17, 15) is 4.79 Å². The van der Waals surface area contributed by atoms with E-state index in [0.29, 0.717) is 22.9 Å². The van der Waals surface area contributed by atoms with E-state index in [-0.39, 0.29) is 5.91 Å². The first-order valence-corrected chi connectivity index (χ1v) is 5.69. The van der Waals surface area contributed by atoms with Gasteiger partial charge in [0.15, 0.2) is 5.75 Å². The predicted molar refractivity (Wildman–Crippen MR) is 66.2 cm³/mol. The number of hydrogen-bond acceptors (Lipinski definition) is 2. The molecule has 3 nitrogen and oxygen atoms in total. The number of carbonyl (C=O) groups excluding carboxylic acids is 1. The van der Waals surface area contributed by atoms with Gasteiger partial charge < -0.3 is 10.1 Å². The summed E-state index contributed by atoms with van der Waals surface area (Å²) >= 11 is 5.94. The second-order valence-corrected chi connectivity index (χ2v) is 3.88. The van der Waals surface area contributed by atoms with Gasteiger partial charge in [0.25, 0.3) is 0 Å². The van der Waals surface area contributed by atoms with E-state index in [0.717, 1.165) is 12.8 Å². The highest BCUT2D eigenvalue weighted by atomic mass is 35.5. The van der Waals surface area contributed by atoms with Crippen LogP contribution in [0.2, 0.25) is 5.02 Å². The van der Waals surface area contributed by atoms with Crippen molar-refractivity contribution in [2.75, 3.05) is 12.4 Å². The average molecular weight is 242 g/mol. The molecule has 1 amide bonds. The summed E-state index contributed by atoms with van der Waals surface area (Å²) in [5.41, 5.74) is 0.621. The zero-order valence-corrected chi connectivity index (χ0v) is 10.3. The fourth-order valence-corrected chi connectivity index (χ4v) is 1.62. The van der Waals surface area contributed by atoms with Crippen LogP contribution in [0.15, 0.2) is 18.2 Å². The summed E-state index contributed by atoms with van der Waals surface area (Å²) in [5, 5.41) is 3.28. The lowest BCUT2D eigenvalue weighted by Crippen LogP contribution is -2.11. The lowest BCUT2D eigenvalue weighted by Gasteiger charge is -2.11. The van der Waals surface area contributed by atoms with Gasteiger partial charge in [-0.25, -0.2) is 0 Å². The number of unbranched alkanes of at least 4 members (excludes halogenated alkanes) is 1. The minimum Gasteiger partial charge on any atom is -0.493 e. The molecule has 88 valence electrons. The van der Waals surface area contributed by atoms with Gasteiger partial charge >= 0.3 is 0 Å². The number of nitrogens with one attached hydrogen (secondary N) is 1. The van der Waals surface area contributed by atoms with Crippen LogP contribution in [0.1, 0.15) is 26.2 Å². The molecule has 0 aliphatic carbocycles. The van der Waals surface area contributed by atoms with Crippen molar-refractivity contribution in [1.82, 2.24) is 0 Å². The Morgan fingerprint density at radius 3 is 2.88 bits per heavy atom. The van der Waals surface area contributed by atoms with E-state index < -0.39 is 0 Å². The molecule has 0 fully saturated rings. The number of ether oxygens (including phenoxy) is 1. The number of carbonyl (C=O) groups is 1. The molecular formula is C12H16ClNO2. The molecule has 1 rings (SSSR count). The highest BCUT2D eigenvalue weighted by molar-refractivity contribution is 6.32. The minimum absolute atomic E-state index is 0.0117. The van der Waals surface area contributed by atoms with Gasteiger partial charge in [0.05, 0.1) is 17.8 Å². The van der Waals surface area contributed by atoms with E-state index in [1.165, 1.54) is 7.11 Å². The smallest absolute Gasteiger partial charge is 0.224 e. The molecule has 0 aromatic heterocycles. The Labute approximate surface area is 101 Å². The molecule has 0 heterocycles. The average Bonchev–Trinajstić information content (AvgIpc) is 2.27. The second kappa shape index (κ2) is 6.38. The van der Waals surface area contributed by atoms with Gasteiger partial charge in [-0.1, -0.05) is 31.0 Å². The standard InChI is InChI=1S/C12H16ClNO2/c1-3-4-8-11(15)14-10-7-5-6-9(13)12(10)16-2/h5-7H,3-4,8H2,1-2H3,(H,14,15). The van der Waals surface area contributed by atoms with Crippen molar-refractivity contribution in [3.63, 3.8) is 0 Å². The Bertz CT molecular complexity index is 366. The Morgan fingerprint density at radius 2 is 2.25 bits per heavy atom. The van der Waals surface area contributed by atoms with Gasteiger partial charge in [0.1, 0.15) is 0 Å². The normalized spacial score (nSPS) is 9.94. The molecule has 0 saturated carbocycles. The molecule has 0 aliphatic rings. The highest BCUT2D eigenvalue weighted by Gasteiger charge is 2.09. The summed E-state index contributed by atoms with van der Waals surface area (Å²) in [7, 11) is 1.53. The van der Waals surface area contributed by atoms with Gasteiger partial charge in [-0.15, -0.1) is 0 Å². The number of anilines is 1. The molecule has 0 spiro atoms. The molecule has 1 aromatic rings. The molecule has 0 saturated heterocycles. The Balaban J connectivity index is 2.73. The quantitative estimate of drug-likeness (QED) is 0.857. The third-order valence-corrected chi connectivity index (χ3v) is 2.50. The van der Waals surface area contributed by atoms with Crippen LogP contribution in [-0.4, -0.2) is 13.0 Å². The molecule has 0 aliphatic heterocycles. The summed E-state index contributed by atoms with van der Waals surface area (Å²) in [4.78, 5) is 11.5. The number of hydrogen-bond donors (Lipinski definition) is 1. The molecule has 0 unspecified atom stereocenters. The number of rotatable bonds is 5. The predicted octanol–water partition coefficient (Wildman–Crippen LogP) is 3.48. The fraction of sp³-hybridized carbons (Fsp3) is 0.417. The first-order chi connectivity index (χ1) is 7.69. The minimum atomic E-state index is -0.0117. The van der Waals surface area contributed by atoms with E-state index >= 15 is 0 Å². The molecule has 0 radical (unpaired) electrons. The Hall–Kier alpha value is -1.22. The zero-order chi connectivity index (χ0) is 12.0. The number of para-hydroxylation sites is 1. The number of methoxy groups -OCH3 is 1. The summed E-state index contributed by atoms with van der Waals surface area (Å²) in [6.45, 7) is 2.05. The summed E-state index contributed by atoms with van der Waals surface area (Å²) < 4.78 is 5.13. The Kier molecular flexibility index (Phi) is 5.12. The maximum Gasteiger partial charge on any atom is 0.224 e. The lowest BCUT2D eigenvalue weighted by molar-refractivity contribution is -0.116. The van der Waals surface area contributed by atoms with Crippen molar-refractivity contribution in [2.45, 2.75) is 26.2 Å². The van der Waals surface area contributed by atoms with Crippen molar-refractivity contribution in [2.24, 2.45) is 0 Å². The summed E-state index contributed by atoms with van der Waals surface area (Å²) in [5.74, 6) is 0.497. The monoisotopic (exact) mass is 241 g/mol. The lowest BCUT2D eigenvalue weighted by atomic mass is 10.2. The van der Waals surface area contributed by atoms with Crippen LogP contribution in [0.25, 0.3) is 0 Å². The number of amides is 1. The van der Waals surface area contributed by atoms with Crippen molar-refractivity contribution in [3.05, 3.63) is 23.2 Å². The first kappa shape index (κ1) is 12.8. The van der Waals surface area contributed by atoms with Gasteiger partial charge in [-0.2, -0.15) is 0 Å². The second-order valence-electron chi connectivity index (χ2n) is 3.47. The first-order valence-electron chi connectivity index (χ1n) is 5.31. The molecule has 4 heteroatoms. The zero-order valence-electron chi connectivity index (χ0n) is 9.55. The number of halogens is 1. The van der Waals surface area contributed by atoms with Crippen LogP contribution in [0.5, 0.6) is 5.75 Å². The van der Waals surface area contributed by atoms with E-state index in [2.05, 4.69) is 5.32 Å². The van der Waals surface area contributed by atoms with Gasteiger partial charge in [0.2, 0.25) is 5.91 Å². The van der Waals surface area contributed by atoms with E-state index in [1.807, 2.05) is 6.92 Å². The third kappa shape index (κ3) is 3.42. The van der Waals surface area contributed by atoms with Gasteiger partial charge in [0, 0.05) is 6.42 Å². The van der Waals surface area contributed by atoms with Crippen LogP contribution in [0.4, 0.5) is 5.69 Å². The van der Waals surface area contributed by atoms with Crippen molar-refractivity contribution in [1.29, 1.82) is 0 Å². The fourth-order valence-electron chi connectivity index (χ4n) is 1.36. The van der Waals surface area contributed by atoms with Crippen molar-refractivity contribution in [3.8, 4) is 5.75 Å². The van der Waals surface area contributed by atoms with Crippen LogP contribution >= 0.6 is 11.6 Å². The maximum absolute atomic E-state index is 11.5. The molecular weight excluding hydrogens is 226 g/mol. The maximum atomic E-state index is 11.5. The van der Waals surface area contributed by atoms with Gasteiger partial charge in [-0.3, -0.25) is 4.79 Å². The summed E-state index contributed by atoms with van der Waals surface area (Å²) in [6, 6.07) is 5.27. The Morgan fingerprint density at radius 1 is 1.50 bits per heavy atom. The number of benzene rings is 1. The van der Waals surface area contributed by atoms with E-state index in [1.54, 1.807) is 18.2 Å². The van der Waals surface area contributed by atoms with Crippen LogP contribution in [0, 0.1) is 0 Å². The van der Waals surface area contributed by atoms with Crippen LogP contribution in [-0.2, 0) is 4.79 Å². The SMILES string of the molecule is CCCCC(=O)Nc1cccc(Cl)c1OC. The molecule has 0 atom stereocenters. The molecule has 0 bridgehead atoms. The molecule has 16 heavy (non-hydrogen) atoms. The largest absolute Gasteiger partial charge is 0.493 e. The van der Waals surface area contributed by atoms with Crippen molar-refractivity contribution >= 4 is 23.2 Å². The van der Waals surface area contributed by atoms with Crippen molar-refractivity contribution < 1.29 is 9.53 Å². The van der Waals surface area contributed by atoms with Crippen LogP contribution < -0.4 is 10.1 Å². The molecule has 1 N–H and O–H groups in total. The third-order valence-electron chi connectivity index (χ3n) is 2.20. The van der Waals surface area contributed by atoms with E-state index in [4.69, 9.17) is 16.3 Å². The summed E-state index contributed by atoms with van der Waals surface area (Å²) in [6.07, 6.45) is 2.40. The van der Waals surface area contributed by atoms with Crippen LogP contribution in [0.3, 0.4) is 0 Å². The topological polar surface area (TPSA) is 38.3 Å². The van der Waals surface area contributed by atoms with Gasteiger partial charge in [-0.05, 0) is 18.6 Å². The highest BCUT2D eigenvalue weighted by Crippen LogP contribution is 2.32.